The minimum absolute atomic E-state index is 0.193. The van der Waals surface area contributed by atoms with E-state index < -0.39 is 34.6 Å². The fourth-order valence-corrected chi connectivity index (χ4v) is 3.01. The lowest BCUT2D eigenvalue weighted by atomic mass is 9.90. The molecule has 1 aromatic rings. The van der Waals surface area contributed by atoms with E-state index in [9.17, 15) is 23.5 Å². The molecular formula is C15H17F2NO3. The molecule has 6 heteroatoms. The van der Waals surface area contributed by atoms with Crippen LogP contribution in [0.15, 0.2) is 18.2 Å². The Labute approximate surface area is 121 Å². The maximum absolute atomic E-state index is 13.8. The molecule has 0 aliphatic carbocycles. The molecule has 1 fully saturated rings. The van der Waals surface area contributed by atoms with Crippen LogP contribution in [0, 0.1) is 11.6 Å². The van der Waals surface area contributed by atoms with Crippen LogP contribution >= 0.6 is 0 Å². The van der Waals surface area contributed by atoms with E-state index in [4.69, 9.17) is 0 Å². The number of likely N-dealkylation sites (tertiary alicyclic amines) is 1. The number of aliphatic carboxylic acids is 1. The van der Waals surface area contributed by atoms with Gasteiger partial charge in [-0.05, 0) is 31.4 Å². The molecule has 1 aliphatic rings. The smallest absolute Gasteiger partial charge is 0.329 e. The molecule has 0 radical (unpaired) electrons. The van der Waals surface area contributed by atoms with Gasteiger partial charge in [0.1, 0.15) is 22.7 Å². The molecule has 1 N–H and O–H groups in total. The molecule has 114 valence electrons. The number of carboxylic acids is 1. The highest BCUT2D eigenvalue weighted by molar-refractivity contribution is 5.98. The lowest BCUT2D eigenvalue weighted by molar-refractivity contribution is -0.148. The Hall–Kier alpha value is -1.98. The number of halogens is 2. The van der Waals surface area contributed by atoms with Crippen LogP contribution in [0.4, 0.5) is 8.78 Å². The van der Waals surface area contributed by atoms with Gasteiger partial charge in [0.05, 0.1) is 0 Å². The van der Waals surface area contributed by atoms with Crippen molar-refractivity contribution < 1.29 is 23.5 Å². The Kier molecular flexibility index (Phi) is 4.25. The van der Waals surface area contributed by atoms with Crippen LogP contribution < -0.4 is 0 Å². The molecule has 0 spiro atoms. The van der Waals surface area contributed by atoms with E-state index in [-0.39, 0.29) is 13.0 Å². The molecule has 0 saturated carbocycles. The Morgan fingerprint density at radius 3 is 2.48 bits per heavy atom. The van der Waals surface area contributed by atoms with Crippen molar-refractivity contribution in [1.82, 2.24) is 4.90 Å². The summed E-state index contributed by atoms with van der Waals surface area (Å²) in [5.74, 6) is -3.95. The van der Waals surface area contributed by atoms with Gasteiger partial charge in [-0.2, -0.15) is 0 Å². The summed E-state index contributed by atoms with van der Waals surface area (Å²) < 4.78 is 27.5. The van der Waals surface area contributed by atoms with Gasteiger partial charge in [0.25, 0.3) is 5.91 Å². The third-order valence-electron chi connectivity index (χ3n) is 3.97. The van der Waals surface area contributed by atoms with E-state index in [1.807, 2.05) is 6.92 Å². The molecule has 0 bridgehead atoms. The third-order valence-corrected chi connectivity index (χ3v) is 3.97. The first-order valence-electron chi connectivity index (χ1n) is 6.93. The third kappa shape index (κ3) is 2.50. The summed E-state index contributed by atoms with van der Waals surface area (Å²) >= 11 is 0. The number of hydrogen-bond donors (Lipinski definition) is 1. The maximum Gasteiger partial charge on any atom is 0.329 e. The summed E-state index contributed by atoms with van der Waals surface area (Å²) in [5, 5.41) is 9.52. The monoisotopic (exact) mass is 297 g/mol. The van der Waals surface area contributed by atoms with Crippen molar-refractivity contribution in [3.05, 3.63) is 35.4 Å². The van der Waals surface area contributed by atoms with Crippen LogP contribution in [0.2, 0.25) is 0 Å². The number of hydrogen-bond acceptors (Lipinski definition) is 2. The summed E-state index contributed by atoms with van der Waals surface area (Å²) in [5.41, 5.74) is -2.04. The Balaban J connectivity index is 2.44. The Morgan fingerprint density at radius 1 is 1.33 bits per heavy atom. The zero-order chi connectivity index (χ0) is 15.6. The van der Waals surface area contributed by atoms with Gasteiger partial charge in [-0.15, -0.1) is 0 Å². The van der Waals surface area contributed by atoms with E-state index in [0.717, 1.165) is 17.0 Å². The molecule has 1 heterocycles. The van der Waals surface area contributed by atoms with Gasteiger partial charge >= 0.3 is 5.97 Å². The van der Waals surface area contributed by atoms with E-state index in [1.165, 1.54) is 6.07 Å². The van der Waals surface area contributed by atoms with Crippen LogP contribution in [-0.2, 0) is 4.79 Å². The largest absolute Gasteiger partial charge is 0.479 e. The number of nitrogens with zero attached hydrogens (tertiary/aromatic N) is 1. The molecule has 4 nitrogen and oxygen atoms in total. The second kappa shape index (κ2) is 5.79. The van der Waals surface area contributed by atoms with Gasteiger partial charge in [0, 0.05) is 6.54 Å². The van der Waals surface area contributed by atoms with Crippen molar-refractivity contribution in [1.29, 1.82) is 0 Å². The average molecular weight is 297 g/mol. The zero-order valence-corrected chi connectivity index (χ0v) is 11.7. The second-order valence-electron chi connectivity index (χ2n) is 5.24. The Bertz CT molecular complexity index is 556. The van der Waals surface area contributed by atoms with Gasteiger partial charge in [-0.25, -0.2) is 13.6 Å². The predicted octanol–water partition coefficient (Wildman–Crippen LogP) is 2.82. The molecule has 0 aromatic heterocycles. The molecule has 1 aromatic carbocycles. The van der Waals surface area contributed by atoms with Gasteiger partial charge in [0.15, 0.2) is 0 Å². The average Bonchev–Trinajstić information content (AvgIpc) is 2.84. The topological polar surface area (TPSA) is 57.6 Å². The minimum atomic E-state index is -1.36. The summed E-state index contributed by atoms with van der Waals surface area (Å²) in [7, 11) is 0. The summed E-state index contributed by atoms with van der Waals surface area (Å²) in [4.78, 5) is 25.2. The maximum atomic E-state index is 13.8. The standard InChI is InChI=1S/C15H17F2NO3/c1-2-7-15(14(20)21)8-4-9-18(15)13(19)12-10(16)5-3-6-11(12)17/h3,5-6H,2,4,7-9H2,1H3,(H,20,21). The second-order valence-corrected chi connectivity index (χ2v) is 5.24. The highest BCUT2D eigenvalue weighted by Crippen LogP contribution is 2.35. The molecule has 1 aliphatic heterocycles. The quantitative estimate of drug-likeness (QED) is 0.929. The molecule has 1 unspecified atom stereocenters. The number of carboxylic acid groups (broad SMARTS) is 1. The number of carbonyl (C=O) groups excluding carboxylic acids is 1. The fourth-order valence-electron chi connectivity index (χ4n) is 3.01. The molecule has 21 heavy (non-hydrogen) atoms. The number of carbonyl (C=O) groups is 2. The first kappa shape index (κ1) is 15.4. The number of amides is 1. The lowest BCUT2D eigenvalue weighted by Crippen LogP contribution is -2.53. The van der Waals surface area contributed by atoms with Gasteiger partial charge in [-0.3, -0.25) is 4.79 Å². The van der Waals surface area contributed by atoms with Crippen molar-refractivity contribution in [3.8, 4) is 0 Å². The predicted molar refractivity (Wildman–Crippen MR) is 71.9 cm³/mol. The summed E-state index contributed by atoms with van der Waals surface area (Å²) in [6.07, 6.45) is 1.64. The molecule has 1 atom stereocenters. The summed E-state index contributed by atoms with van der Waals surface area (Å²) in [6.45, 7) is 2.01. The van der Waals surface area contributed by atoms with E-state index >= 15 is 0 Å². The van der Waals surface area contributed by atoms with Gasteiger partial charge in [0.2, 0.25) is 0 Å². The summed E-state index contributed by atoms with van der Waals surface area (Å²) in [6, 6.07) is 3.16. The molecular weight excluding hydrogens is 280 g/mol. The molecule has 1 saturated heterocycles. The van der Waals surface area contributed by atoms with Crippen LogP contribution in [0.25, 0.3) is 0 Å². The van der Waals surface area contributed by atoms with Crippen LogP contribution in [0.1, 0.15) is 43.0 Å². The first-order chi connectivity index (χ1) is 9.94. The van der Waals surface area contributed by atoms with Crippen molar-refractivity contribution >= 4 is 11.9 Å². The molecule has 2 rings (SSSR count). The fraction of sp³-hybridized carbons (Fsp3) is 0.467. The van der Waals surface area contributed by atoms with Crippen LogP contribution in [-0.4, -0.2) is 34.0 Å². The van der Waals surface area contributed by atoms with Crippen molar-refractivity contribution in [3.63, 3.8) is 0 Å². The van der Waals surface area contributed by atoms with Crippen molar-refractivity contribution in [2.45, 2.75) is 38.1 Å². The number of rotatable bonds is 4. The SMILES string of the molecule is CCCC1(C(=O)O)CCCN1C(=O)c1c(F)cccc1F. The highest BCUT2D eigenvalue weighted by atomic mass is 19.1. The number of benzene rings is 1. The highest BCUT2D eigenvalue weighted by Gasteiger charge is 2.50. The van der Waals surface area contributed by atoms with E-state index in [0.29, 0.717) is 19.3 Å². The van der Waals surface area contributed by atoms with Crippen LogP contribution in [0.5, 0.6) is 0 Å². The van der Waals surface area contributed by atoms with Gasteiger partial charge < -0.3 is 10.0 Å². The van der Waals surface area contributed by atoms with E-state index in [1.54, 1.807) is 0 Å². The Morgan fingerprint density at radius 2 is 1.95 bits per heavy atom. The van der Waals surface area contributed by atoms with Gasteiger partial charge in [-0.1, -0.05) is 19.4 Å². The van der Waals surface area contributed by atoms with E-state index in [2.05, 4.69) is 0 Å². The first-order valence-corrected chi connectivity index (χ1v) is 6.93. The lowest BCUT2D eigenvalue weighted by Gasteiger charge is -2.34. The van der Waals surface area contributed by atoms with Crippen LogP contribution in [0.3, 0.4) is 0 Å². The van der Waals surface area contributed by atoms with Crippen molar-refractivity contribution in [2.24, 2.45) is 0 Å². The minimum Gasteiger partial charge on any atom is -0.479 e. The zero-order valence-electron chi connectivity index (χ0n) is 11.7. The normalized spacial score (nSPS) is 21.6. The van der Waals surface area contributed by atoms with Crippen molar-refractivity contribution in [2.75, 3.05) is 6.54 Å². The molecule has 1 amide bonds.